The molecule has 0 aliphatic rings. The van der Waals surface area contributed by atoms with Crippen LogP contribution in [0.2, 0.25) is 0 Å². The largest absolute Gasteiger partial charge is 0.345 e. The SMILES string of the molecule is CCN(Cc1ccc(C(=O)N(C)C)cc1)C(=O)CCc1nc(-c2ccc(F)cc2)no1. The number of carbonyl (C=O) groups is 2. The topological polar surface area (TPSA) is 79.5 Å². The van der Waals surface area contributed by atoms with Crippen LogP contribution in [0, 0.1) is 5.82 Å². The van der Waals surface area contributed by atoms with Crippen LogP contribution in [0.25, 0.3) is 11.4 Å². The Hall–Kier alpha value is -3.55. The van der Waals surface area contributed by atoms with Gasteiger partial charge >= 0.3 is 0 Å². The molecule has 0 fully saturated rings. The Bertz CT molecular complexity index is 1030. The van der Waals surface area contributed by atoms with Gasteiger partial charge < -0.3 is 14.3 Å². The van der Waals surface area contributed by atoms with Gasteiger partial charge in [-0.2, -0.15) is 4.98 Å². The average Bonchev–Trinajstić information content (AvgIpc) is 3.25. The lowest BCUT2D eigenvalue weighted by Gasteiger charge is -2.21. The van der Waals surface area contributed by atoms with Crippen LogP contribution in [0.1, 0.15) is 35.2 Å². The molecule has 2 amide bonds. The predicted molar refractivity (Wildman–Crippen MR) is 114 cm³/mol. The van der Waals surface area contributed by atoms with Crippen molar-refractivity contribution < 1.29 is 18.5 Å². The van der Waals surface area contributed by atoms with E-state index in [0.29, 0.717) is 42.4 Å². The number of hydrogen-bond acceptors (Lipinski definition) is 5. The summed E-state index contributed by atoms with van der Waals surface area (Å²) in [7, 11) is 3.42. The van der Waals surface area contributed by atoms with E-state index in [-0.39, 0.29) is 24.1 Å². The first-order valence-corrected chi connectivity index (χ1v) is 10.0. The summed E-state index contributed by atoms with van der Waals surface area (Å²) in [4.78, 5) is 32.2. The van der Waals surface area contributed by atoms with Gasteiger partial charge in [-0.3, -0.25) is 9.59 Å². The van der Waals surface area contributed by atoms with Crippen molar-refractivity contribution in [3.8, 4) is 11.4 Å². The second kappa shape index (κ2) is 9.97. The van der Waals surface area contributed by atoms with Crippen molar-refractivity contribution in [2.24, 2.45) is 0 Å². The molecule has 7 nitrogen and oxygen atoms in total. The van der Waals surface area contributed by atoms with Gasteiger partial charge in [0.25, 0.3) is 5.91 Å². The minimum Gasteiger partial charge on any atom is -0.345 e. The number of carbonyl (C=O) groups excluding carboxylic acids is 2. The lowest BCUT2D eigenvalue weighted by molar-refractivity contribution is -0.131. The molecule has 0 unspecified atom stereocenters. The minimum atomic E-state index is -0.336. The highest BCUT2D eigenvalue weighted by Crippen LogP contribution is 2.17. The highest BCUT2D eigenvalue weighted by atomic mass is 19.1. The standard InChI is InChI=1S/C23H25FN4O3/c1-4-28(15-16-5-7-18(8-6-16)23(30)27(2)3)21(29)14-13-20-25-22(26-31-20)17-9-11-19(24)12-10-17/h5-12H,4,13-15H2,1-3H3. The zero-order valence-corrected chi connectivity index (χ0v) is 17.8. The molecule has 0 saturated carbocycles. The first-order valence-electron chi connectivity index (χ1n) is 10.0. The molecule has 31 heavy (non-hydrogen) atoms. The van der Waals surface area contributed by atoms with Gasteiger partial charge in [-0.05, 0) is 48.9 Å². The molecule has 0 saturated heterocycles. The lowest BCUT2D eigenvalue weighted by Crippen LogP contribution is -2.30. The van der Waals surface area contributed by atoms with E-state index in [2.05, 4.69) is 10.1 Å². The van der Waals surface area contributed by atoms with E-state index in [1.165, 1.54) is 17.0 Å². The Balaban J connectivity index is 1.56. The van der Waals surface area contributed by atoms with Crippen LogP contribution < -0.4 is 0 Å². The van der Waals surface area contributed by atoms with Gasteiger partial charge in [0.15, 0.2) is 0 Å². The third-order valence-electron chi connectivity index (χ3n) is 4.84. The summed E-state index contributed by atoms with van der Waals surface area (Å²) in [5.74, 6) is 0.293. The summed E-state index contributed by atoms with van der Waals surface area (Å²) >= 11 is 0. The molecule has 8 heteroatoms. The summed E-state index contributed by atoms with van der Waals surface area (Å²) < 4.78 is 18.3. The molecular formula is C23H25FN4O3. The fourth-order valence-electron chi connectivity index (χ4n) is 3.05. The van der Waals surface area contributed by atoms with E-state index in [4.69, 9.17) is 4.52 Å². The lowest BCUT2D eigenvalue weighted by atomic mass is 10.1. The second-order valence-corrected chi connectivity index (χ2v) is 7.32. The van der Waals surface area contributed by atoms with Gasteiger partial charge in [0, 0.05) is 51.2 Å². The molecule has 0 atom stereocenters. The fourth-order valence-corrected chi connectivity index (χ4v) is 3.05. The molecule has 3 rings (SSSR count). The van der Waals surface area contributed by atoms with Crippen LogP contribution >= 0.6 is 0 Å². The third kappa shape index (κ3) is 5.75. The molecule has 0 bridgehead atoms. The predicted octanol–water partition coefficient (Wildman–Crippen LogP) is 3.56. The zero-order valence-electron chi connectivity index (χ0n) is 17.8. The molecule has 0 radical (unpaired) electrons. The van der Waals surface area contributed by atoms with Crippen LogP contribution in [0.15, 0.2) is 53.1 Å². The van der Waals surface area contributed by atoms with Gasteiger partial charge in [0.05, 0.1) is 0 Å². The monoisotopic (exact) mass is 424 g/mol. The van der Waals surface area contributed by atoms with Crippen molar-refractivity contribution in [1.82, 2.24) is 19.9 Å². The zero-order chi connectivity index (χ0) is 22.4. The maximum absolute atomic E-state index is 13.0. The Morgan fingerprint density at radius 1 is 1.03 bits per heavy atom. The number of amides is 2. The number of nitrogens with zero attached hydrogens (tertiary/aromatic N) is 4. The van der Waals surface area contributed by atoms with Gasteiger partial charge in [-0.1, -0.05) is 17.3 Å². The summed E-state index contributed by atoms with van der Waals surface area (Å²) in [6.45, 7) is 2.93. The quantitative estimate of drug-likeness (QED) is 0.552. The maximum Gasteiger partial charge on any atom is 0.253 e. The molecule has 0 aliphatic carbocycles. The summed E-state index contributed by atoms with van der Waals surface area (Å²) in [6, 6.07) is 13.1. The van der Waals surface area contributed by atoms with Crippen LogP contribution in [-0.2, 0) is 17.8 Å². The molecule has 3 aromatic rings. The molecule has 1 heterocycles. The number of aromatic nitrogens is 2. The van der Waals surface area contributed by atoms with Gasteiger partial charge in [-0.15, -0.1) is 0 Å². The molecule has 162 valence electrons. The van der Waals surface area contributed by atoms with E-state index >= 15 is 0 Å². The van der Waals surface area contributed by atoms with Crippen LogP contribution in [-0.4, -0.2) is 52.4 Å². The van der Waals surface area contributed by atoms with Crippen molar-refractivity contribution in [2.45, 2.75) is 26.3 Å². The summed E-state index contributed by atoms with van der Waals surface area (Å²) in [5, 5.41) is 3.90. The van der Waals surface area contributed by atoms with Crippen molar-refractivity contribution in [1.29, 1.82) is 0 Å². The molecule has 0 N–H and O–H groups in total. The Kier molecular flexibility index (Phi) is 7.12. The molecule has 1 aromatic heterocycles. The summed E-state index contributed by atoms with van der Waals surface area (Å²) in [5.41, 5.74) is 2.20. The van der Waals surface area contributed by atoms with Crippen molar-refractivity contribution in [2.75, 3.05) is 20.6 Å². The van der Waals surface area contributed by atoms with Crippen molar-refractivity contribution >= 4 is 11.8 Å². The van der Waals surface area contributed by atoms with Crippen molar-refractivity contribution in [3.05, 3.63) is 71.4 Å². The molecular weight excluding hydrogens is 399 g/mol. The van der Waals surface area contributed by atoms with Crippen molar-refractivity contribution in [3.63, 3.8) is 0 Å². The highest BCUT2D eigenvalue weighted by Gasteiger charge is 2.16. The van der Waals surface area contributed by atoms with E-state index in [1.807, 2.05) is 19.1 Å². The Labute approximate surface area is 180 Å². The van der Waals surface area contributed by atoms with E-state index in [1.54, 1.807) is 43.3 Å². The van der Waals surface area contributed by atoms with E-state index < -0.39 is 0 Å². The van der Waals surface area contributed by atoms with E-state index in [9.17, 15) is 14.0 Å². The first-order chi connectivity index (χ1) is 14.9. The molecule has 0 spiro atoms. The second-order valence-electron chi connectivity index (χ2n) is 7.32. The summed E-state index contributed by atoms with van der Waals surface area (Å²) in [6.07, 6.45) is 0.551. The molecule has 2 aromatic carbocycles. The van der Waals surface area contributed by atoms with Crippen LogP contribution in [0.3, 0.4) is 0 Å². The number of aryl methyl sites for hydroxylation is 1. The van der Waals surface area contributed by atoms with Crippen LogP contribution in [0.4, 0.5) is 4.39 Å². The highest BCUT2D eigenvalue weighted by molar-refractivity contribution is 5.93. The van der Waals surface area contributed by atoms with Gasteiger partial charge in [-0.25, -0.2) is 4.39 Å². The van der Waals surface area contributed by atoms with Crippen LogP contribution in [0.5, 0.6) is 0 Å². The number of rotatable bonds is 8. The number of hydrogen-bond donors (Lipinski definition) is 0. The first kappa shape index (κ1) is 22.1. The third-order valence-corrected chi connectivity index (χ3v) is 4.84. The van der Waals surface area contributed by atoms with E-state index in [0.717, 1.165) is 5.56 Å². The fraction of sp³-hybridized carbons (Fsp3) is 0.304. The Morgan fingerprint density at radius 3 is 2.32 bits per heavy atom. The maximum atomic E-state index is 13.0. The minimum absolute atomic E-state index is 0.0301. The Morgan fingerprint density at radius 2 is 1.71 bits per heavy atom. The van der Waals surface area contributed by atoms with Gasteiger partial charge in [0.1, 0.15) is 5.82 Å². The number of halogens is 1. The normalized spacial score (nSPS) is 10.7. The average molecular weight is 424 g/mol. The van der Waals surface area contributed by atoms with Gasteiger partial charge in [0.2, 0.25) is 17.6 Å². The molecule has 0 aliphatic heterocycles. The number of benzene rings is 2. The smallest absolute Gasteiger partial charge is 0.253 e.